The van der Waals surface area contributed by atoms with Crippen LogP contribution in [0, 0.1) is 0 Å². The average molecular weight is 987 g/mol. The van der Waals surface area contributed by atoms with Crippen molar-refractivity contribution in [3.63, 3.8) is 0 Å². The molecule has 1 aromatic heterocycles. The maximum Gasteiger partial charge on any atom is 0.0543 e. The Morgan fingerprint density at radius 1 is 0.303 bits per heavy atom. The Morgan fingerprint density at radius 3 is 1.36 bits per heavy atom. The Morgan fingerprint density at radius 2 is 0.776 bits per heavy atom. The first-order valence-corrected chi connectivity index (χ1v) is 27.3. The maximum atomic E-state index is 2.58. The highest BCUT2D eigenvalue weighted by atomic mass is 15.1. The fourth-order valence-electron chi connectivity index (χ4n) is 11.8. The van der Waals surface area contributed by atoms with Crippen molar-refractivity contribution in [2.24, 2.45) is 0 Å². The van der Waals surface area contributed by atoms with Crippen molar-refractivity contribution in [1.29, 1.82) is 0 Å². The quantitative estimate of drug-likeness (QED) is 0.145. The third kappa shape index (κ3) is 8.44. The van der Waals surface area contributed by atoms with Gasteiger partial charge in [-0.1, -0.05) is 247 Å². The zero-order valence-electron chi connectivity index (χ0n) is 46.5. The van der Waals surface area contributed by atoms with Crippen LogP contribution in [0.2, 0.25) is 0 Å². The zero-order chi connectivity index (χ0) is 53.1. The molecule has 12 aromatic rings. The molecule has 0 unspecified atom stereocenters. The van der Waals surface area contributed by atoms with Crippen LogP contribution < -0.4 is 4.90 Å². The minimum Gasteiger partial charge on any atom is -0.309 e. The van der Waals surface area contributed by atoms with Crippen LogP contribution >= 0.6 is 0 Å². The summed E-state index contributed by atoms with van der Waals surface area (Å²) < 4.78 is 2.48. The Balaban J connectivity index is 1.14. The van der Waals surface area contributed by atoms with Gasteiger partial charge in [0.2, 0.25) is 0 Å². The molecule has 0 amide bonds. The fraction of sp³-hybridized carbons (Fsp3) is 0.216. The molecule has 0 saturated heterocycles. The van der Waals surface area contributed by atoms with Crippen molar-refractivity contribution in [2.75, 3.05) is 4.90 Å². The maximum absolute atomic E-state index is 2.58. The predicted molar refractivity (Wildman–Crippen MR) is 330 cm³/mol. The lowest BCUT2D eigenvalue weighted by molar-refractivity contribution is 0.590. The summed E-state index contributed by atoms with van der Waals surface area (Å²) in [7, 11) is 0. The monoisotopic (exact) mass is 987 g/mol. The summed E-state index contributed by atoms with van der Waals surface area (Å²) in [5, 5.41) is 10.0. The molecular formula is C74H70N2. The SMILES string of the molecule is CC(C)(C)c1ccc(-c2ccc(C(C)(C)C)cc2-c2cccc(N(c3cc(C(C)(C)C)ccc3-c3ccc(C(C)(C)C)cc3)c3ccc4ccc5c(-n6c7ccccc7c7ccccc76)ccc6ccc3c4c65)c2)cc1. The molecule has 0 radical (unpaired) electrons. The number of nitrogens with zero attached hydrogens (tertiary/aromatic N) is 2. The molecule has 2 heteroatoms. The summed E-state index contributed by atoms with van der Waals surface area (Å²) in [6.07, 6.45) is 0. The van der Waals surface area contributed by atoms with Crippen molar-refractivity contribution in [2.45, 2.75) is 105 Å². The van der Waals surface area contributed by atoms with Gasteiger partial charge >= 0.3 is 0 Å². The van der Waals surface area contributed by atoms with Gasteiger partial charge in [-0.05, 0) is 136 Å². The summed E-state index contributed by atoms with van der Waals surface area (Å²) in [6.45, 7) is 27.7. The minimum atomic E-state index is -0.104. The molecule has 0 aliphatic heterocycles. The summed E-state index contributed by atoms with van der Waals surface area (Å²) in [5.41, 5.74) is 19.4. The molecule has 0 spiro atoms. The largest absolute Gasteiger partial charge is 0.309 e. The van der Waals surface area contributed by atoms with E-state index in [0.29, 0.717) is 0 Å². The molecule has 11 aromatic carbocycles. The van der Waals surface area contributed by atoms with Crippen molar-refractivity contribution in [3.8, 4) is 39.1 Å². The van der Waals surface area contributed by atoms with Crippen LogP contribution in [0.4, 0.5) is 17.1 Å². The normalized spacial score (nSPS) is 12.7. The van der Waals surface area contributed by atoms with E-state index in [1.807, 2.05) is 0 Å². The second kappa shape index (κ2) is 17.8. The van der Waals surface area contributed by atoms with Crippen molar-refractivity contribution in [3.05, 3.63) is 229 Å². The van der Waals surface area contributed by atoms with Gasteiger partial charge in [0.25, 0.3) is 0 Å². The lowest BCUT2D eigenvalue weighted by atomic mass is 9.82. The van der Waals surface area contributed by atoms with Crippen LogP contribution in [0.3, 0.4) is 0 Å². The third-order valence-electron chi connectivity index (χ3n) is 16.2. The van der Waals surface area contributed by atoms with E-state index in [0.717, 1.165) is 17.1 Å². The van der Waals surface area contributed by atoms with Gasteiger partial charge in [0.15, 0.2) is 0 Å². The summed E-state index contributed by atoms with van der Waals surface area (Å²) >= 11 is 0. The van der Waals surface area contributed by atoms with Gasteiger partial charge in [-0.25, -0.2) is 0 Å². The highest BCUT2D eigenvalue weighted by molar-refractivity contribution is 6.27. The second-order valence-electron chi connectivity index (χ2n) is 25.5. The molecule has 0 aliphatic rings. The van der Waals surface area contributed by atoms with Crippen molar-refractivity contribution >= 4 is 71.2 Å². The Labute approximate surface area is 450 Å². The molecule has 0 N–H and O–H groups in total. The summed E-state index contributed by atoms with van der Waals surface area (Å²) in [6, 6.07) is 78.8. The van der Waals surface area contributed by atoms with E-state index in [1.54, 1.807) is 0 Å². The van der Waals surface area contributed by atoms with Gasteiger partial charge in [-0.3, -0.25) is 0 Å². The lowest BCUT2D eigenvalue weighted by Gasteiger charge is -2.32. The van der Waals surface area contributed by atoms with E-state index >= 15 is 0 Å². The van der Waals surface area contributed by atoms with Crippen LogP contribution in [-0.2, 0) is 21.7 Å². The number of rotatable bonds is 7. The fourth-order valence-corrected chi connectivity index (χ4v) is 11.8. The second-order valence-corrected chi connectivity index (χ2v) is 25.5. The van der Waals surface area contributed by atoms with Gasteiger partial charge < -0.3 is 9.47 Å². The topological polar surface area (TPSA) is 8.17 Å². The Hall–Kier alpha value is -7.94. The number of para-hydroxylation sites is 2. The highest BCUT2D eigenvalue weighted by Gasteiger charge is 2.27. The summed E-state index contributed by atoms with van der Waals surface area (Å²) in [5.74, 6) is 0. The van der Waals surface area contributed by atoms with E-state index in [1.165, 1.54) is 115 Å². The molecule has 1 heterocycles. The first kappa shape index (κ1) is 49.0. The number of anilines is 3. The van der Waals surface area contributed by atoms with Gasteiger partial charge in [0.1, 0.15) is 0 Å². The van der Waals surface area contributed by atoms with E-state index in [2.05, 4.69) is 299 Å². The van der Waals surface area contributed by atoms with E-state index in [-0.39, 0.29) is 21.7 Å². The Bertz CT molecular complexity index is 4120. The molecular weight excluding hydrogens is 917 g/mol. The first-order valence-electron chi connectivity index (χ1n) is 27.3. The van der Waals surface area contributed by atoms with Crippen LogP contribution in [-0.4, -0.2) is 4.57 Å². The van der Waals surface area contributed by atoms with E-state index in [4.69, 9.17) is 0 Å². The smallest absolute Gasteiger partial charge is 0.0543 e. The van der Waals surface area contributed by atoms with Gasteiger partial charge in [0.05, 0.1) is 28.1 Å². The zero-order valence-corrected chi connectivity index (χ0v) is 46.5. The van der Waals surface area contributed by atoms with Gasteiger partial charge in [-0.2, -0.15) is 0 Å². The lowest BCUT2D eigenvalue weighted by Crippen LogP contribution is -2.16. The van der Waals surface area contributed by atoms with Crippen molar-refractivity contribution in [1.82, 2.24) is 4.57 Å². The molecule has 376 valence electrons. The highest BCUT2D eigenvalue weighted by Crippen LogP contribution is 2.50. The van der Waals surface area contributed by atoms with Crippen LogP contribution in [0.1, 0.15) is 105 Å². The van der Waals surface area contributed by atoms with Crippen LogP contribution in [0.25, 0.3) is 93.2 Å². The molecule has 76 heavy (non-hydrogen) atoms. The Kier molecular flexibility index (Phi) is 11.5. The number of fused-ring (bicyclic) bond motifs is 3. The number of hydrogen-bond donors (Lipinski definition) is 0. The predicted octanol–water partition coefficient (Wildman–Crippen LogP) is 21.3. The molecule has 0 aliphatic carbocycles. The van der Waals surface area contributed by atoms with E-state index < -0.39 is 0 Å². The third-order valence-corrected chi connectivity index (χ3v) is 16.2. The molecule has 2 nitrogen and oxygen atoms in total. The van der Waals surface area contributed by atoms with Gasteiger partial charge in [0, 0.05) is 32.8 Å². The number of hydrogen-bond acceptors (Lipinski definition) is 1. The van der Waals surface area contributed by atoms with Crippen LogP contribution in [0.5, 0.6) is 0 Å². The minimum absolute atomic E-state index is 0.0326. The molecule has 0 bridgehead atoms. The van der Waals surface area contributed by atoms with Gasteiger partial charge in [-0.15, -0.1) is 0 Å². The molecule has 0 saturated carbocycles. The standard InChI is InChI=1S/C74H70N2/c1-71(2,3)52-32-24-47(25-33-52)57-40-36-54(73(7,8)9)45-63(57)51-18-17-19-56(44-51)75(68-46-55(74(10,11)12)37-41-58(68)48-26-34-53(35-27-48)72(4,5)6)66-42-30-49-29-39-62-67(43-31-50-28-38-61(66)69(49)70(50)62)76-64-22-15-13-20-59(64)60-21-14-16-23-65(60)76/h13-46H,1-12H3. The first-order chi connectivity index (χ1) is 36.2. The molecule has 12 rings (SSSR count). The molecule has 0 fully saturated rings. The van der Waals surface area contributed by atoms with E-state index in [9.17, 15) is 0 Å². The molecule has 0 atom stereocenters. The average Bonchev–Trinajstić information content (AvgIpc) is 3.75. The van der Waals surface area contributed by atoms with Crippen LogP contribution in [0.15, 0.2) is 206 Å². The number of aromatic nitrogens is 1. The number of benzene rings is 11. The van der Waals surface area contributed by atoms with Crippen molar-refractivity contribution < 1.29 is 0 Å². The summed E-state index contributed by atoms with van der Waals surface area (Å²) in [4.78, 5) is 2.58.